The van der Waals surface area contributed by atoms with Crippen LogP contribution in [0.4, 0.5) is 0 Å². The molecule has 1 unspecified atom stereocenters. The molecule has 3 nitrogen and oxygen atoms in total. The first-order chi connectivity index (χ1) is 7.11. The molecule has 1 amide bonds. The van der Waals surface area contributed by atoms with Crippen molar-refractivity contribution in [2.45, 2.75) is 18.7 Å². The molecule has 82 valence electrons. The molecule has 1 N–H and O–H groups in total. The molecule has 0 saturated carbocycles. The minimum absolute atomic E-state index is 0.0671. The van der Waals surface area contributed by atoms with Crippen LogP contribution < -0.4 is 5.32 Å². The molecule has 1 aromatic rings. The third-order valence-corrected chi connectivity index (χ3v) is 2.66. The third-order valence-electron chi connectivity index (χ3n) is 1.80. The molecule has 1 aromatic heterocycles. The van der Waals surface area contributed by atoms with Gasteiger partial charge in [0.25, 0.3) is 5.91 Å². The van der Waals surface area contributed by atoms with Crippen molar-refractivity contribution in [3.05, 3.63) is 28.5 Å². The molecule has 0 spiro atoms. The summed E-state index contributed by atoms with van der Waals surface area (Å²) < 4.78 is 0.696. The van der Waals surface area contributed by atoms with Crippen molar-refractivity contribution in [3.8, 4) is 0 Å². The summed E-state index contributed by atoms with van der Waals surface area (Å²) in [6.45, 7) is 2.46. The number of carbonyl (C=O) groups excluding carboxylic acids is 1. The van der Waals surface area contributed by atoms with Gasteiger partial charge in [-0.15, -0.1) is 11.6 Å². The number of halogens is 2. The van der Waals surface area contributed by atoms with Gasteiger partial charge in [0.1, 0.15) is 5.69 Å². The number of nitrogens with one attached hydrogen (secondary N) is 1. The minimum atomic E-state index is -0.181. The highest BCUT2D eigenvalue weighted by Gasteiger charge is 2.10. The predicted octanol–water partition coefficient (Wildman–Crippen LogP) is 2.59. The van der Waals surface area contributed by atoms with E-state index < -0.39 is 0 Å². The molecule has 0 radical (unpaired) electrons. The maximum atomic E-state index is 11.6. The second kappa shape index (κ2) is 6.08. The number of pyridine rings is 1. The van der Waals surface area contributed by atoms with E-state index in [0.717, 1.165) is 6.42 Å². The van der Waals surface area contributed by atoms with Gasteiger partial charge in [-0.1, -0.05) is 0 Å². The van der Waals surface area contributed by atoms with Crippen molar-refractivity contribution in [3.63, 3.8) is 0 Å². The lowest BCUT2D eigenvalue weighted by molar-refractivity contribution is 0.0947. The Kier molecular flexibility index (Phi) is 5.05. The fourth-order valence-electron chi connectivity index (χ4n) is 1.02. The quantitative estimate of drug-likeness (QED) is 0.867. The van der Waals surface area contributed by atoms with Gasteiger partial charge in [0.2, 0.25) is 0 Å². The van der Waals surface area contributed by atoms with E-state index in [0.29, 0.717) is 16.7 Å². The van der Waals surface area contributed by atoms with Crippen LogP contribution in [0, 0.1) is 0 Å². The fourth-order valence-corrected chi connectivity index (χ4v) is 1.57. The van der Waals surface area contributed by atoms with Crippen molar-refractivity contribution in [1.29, 1.82) is 0 Å². The molecule has 0 aliphatic rings. The summed E-state index contributed by atoms with van der Waals surface area (Å²) in [4.78, 5) is 15.6. The summed E-state index contributed by atoms with van der Waals surface area (Å²) in [5.74, 6) is -0.181. The first-order valence-corrected chi connectivity index (χ1v) is 5.87. The molecule has 5 heteroatoms. The maximum Gasteiger partial charge on any atom is 0.271 e. The number of aromatic nitrogens is 1. The summed E-state index contributed by atoms with van der Waals surface area (Å²) in [5.41, 5.74) is 0.403. The van der Waals surface area contributed by atoms with Crippen molar-refractivity contribution in [2.75, 3.05) is 6.54 Å². The Morgan fingerprint density at radius 2 is 2.47 bits per heavy atom. The number of hydrogen-bond acceptors (Lipinski definition) is 2. The lowest BCUT2D eigenvalue weighted by Gasteiger charge is -2.06. The number of alkyl halides is 1. The molecule has 0 aromatic carbocycles. The maximum absolute atomic E-state index is 11.6. The van der Waals surface area contributed by atoms with Gasteiger partial charge in [0, 0.05) is 22.6 Å². The van der Waals surface area contributed by atoms with Crippen LogP contribution in [0.5, 0.6) is 0 Å². The number of amides is 1. The summed E-state index contributed by atoms with van der Waals surface area (Å²) in [6.07, 6.45) is 2.33. The second-order valence-electron chi connectivity index (χ2n) is 3.16. The zero-order chi connectivity index (χ0) is 11.3. The second-order valence-corrected chi connectivity index (χ2v) is 4.76. The minimum Gasteiger partial charge on any atom is -0.351 e. The molecule has 1 rings (SSSR count). The van der Waals surface area contributed by atoms with E-state index in [-0.39, 0.29) is 11.3 Å². The number of hydrogen-bond donors (Lipinski definition) is 1. The molecule has 0 fully saturated rings. The van der Waals surface area contributed by atoms with E-state index in [4.69, 9.17) is 11.6 Å². The third kappa shape index (κ3) is 4.18. The number of carbonyl (C=O) groups is 1. The topological polar surface area (TPSA) is 42.0 Å². The van der Waals surface area contributed by atoms with Crippen LogP contribution in [0.15, 0.2) is 22.8 Å². The van der Waals surface area contributed by atoms with Gasteiger partial charge in [-0.3, -0.25) is 4.79 Å². The van der Waals surface area contributed by atoms with E-state index in [9.17, 15) is 4.79 Å². The molecule has 1 atom stereocenters. The molecule has 0 aliphatic heterocycles. The van der Waals surface area contributed by atoms with E-state index >= 15 is 0 Å². The van der Waals surface area contributed by atoms with Crippen LogP contribution in [0.3, 0.4) is 0 Å². The zero-order valence-corrected chi connectivity index (χ0v) is 10.7. The Bertz CT molecular complexity index is 344. The normalized spacial score (nSPS) is 12.2. The molecule has 15 heavy (non-hydrogen) atoms. The standard InChI is InChI=1S/C10H12BrClN2O/c1-7(12)4-6-14-10(15)9-8(11)3-2-5-13-9/h2-3,5,7H,4,6H2,1H3,(H,14,15). The van der Waals surface area contributed by atoms with E-state index in [1.165, 1.54) is 0 Å². The molecule has 0 bridgehead atoms. The average Bonchev–Trinajstić information content (AvgIpc) is 2.17. The van der Waals surface area contributed by atoms with E-state index in [2.05, 4.69) is 26.2 Å². The Balaban J connectivity index is 2.51. The van der Waals surface area contributed by atoms with E-state index in [1.807, 2.05) is 6.92 Å². The summed E-state index contributed by atoms with van der Waals surface area (Å²) in [6, 6.07) is 3.55. The summed E-state index contributed by atoms with van der Waals surface area (Å²) in [5, 5.41) is 2.82. The molecule has 0 saturated heterocycles. The fraction of sp³-hybridized carbons (Fsp3) is 0.400. The van der Waals surface area contributed by atoms with Crippen LogP contribution in [0.2, 0.25) is 0 Å². The van der Waals surface area contributed by atoms with Gasteiger partial charge in [0.05, 0.1) is 0 Å². The van der Waals surface area contributed by atoms with Crippen LogP contribution in [-0.4, -0.2) is 22.8 Å². The number of rotatable bonds is 4. The van der Waals surface area contributed by atoms with Gasteiger partial charge >= 0.3 is 0 Å². The lowest BCUT2D eigenvalue weighted by atomic mass is 10.3. The Morgan fingerprint density at radius 3 is 3.07 bits per heavy atom. The van der Waals surface area contributed by atoms with Crippen molar-refractivity contribution in [2.24, 2.45) is 0 Å². The van der Waals surface area contributed by atoms with Crippen molar-refractivity contribution in [1.82, 2.24) is 10.3 Å². The largest absolute Gasteiger partial charge is 0.351 e. The Hall–Kier alpha value is -0.610. The summed E-state index contributed by atoms with van der Waals surface area (Å²) >= 11 is 9.03. The molecule has 0 aliphatic carbocycles. The zero-order valence-electron chi connectivity index (χ0n) is 8.34. The summed E-state index contributed by atoms with van der Waals surface area (Å²) in [7, 11) is 0. The SMILES string of the molecule is CC(Cl)CCNC(=O)c1ncccc1Br. The van der Waals surface area contributed by atoms with Crippen LogP contribution >= 0.6 is 27.5 Å². The van der Waals surface area contributed by atoms with E-state index in [1.54, 1.807) is 18.3 Å². The molecule has 1 heterocycles. The van der Waals surface area contributed by atoms with Gasteiger partial charge in [0.15, 0.2) is 0 Å². The van der Waals surface area contributed by atoms with Crippen molar-refractivity contribution < 1.29 is 4.79 Å². The Labute approximate surface area is 102 Å². The highest BCUT2D eigenvalue weighted by atomic mass is 79.9. The molecular weight excluding hydrogens is 279 g/mol. The highest BCUT2D eigenvalue weighted by molar-refractivity contribution is 9.10. The first kappa shape index (κ1) is 12.5. The van der Waals surface area contributed by atoms with Crippen LogP contribution in [-0.2, 0) is 0 Å². The smallest absolute Gasteiger partial charge is 0.271 e. The first-order valence-electron chi connectivity index (χ1n) is 4.64. The van der Waals surface area contributed by atoms with Crippen LogP contribution in [0.25, 0.3) is 0 Å². The highest BCUT2D eigenvalue weighted by Crippen LogP contribution is 2.12. The van der Waals surface area contributed by atoms with Crippen molar-refractivity contribution >= 4 is 33.4 Å². The van der Waals surface area contributed by atoms with Gasteiger partial charge < -0.3 is 5.32 Å². The van der Waals surface area contributed by atoms with Gasteiger partial charge in [-0.25, -0.2) is 4.98 Å². The van der Waals surface area contributed by atoms with Gasteiger partial charge in [-0.2, -0.15) is 0 Å². The molecular formula is C10H12BrClN2O. The average molecular weight is 292 g/mol. The lowest BCUT2D eigenvalue weighted by Crippen LogP contribution is -2.26. The van der Waals surface area contributed by atoms with Gasteiger partial charge in [-0.05, 0) is 41.4 Å². The van der Waals surface area contributed by atoms with Crippen LogP contribution in [0.1, 0.15) is 23.8 Å². The Morgan fingerprint density at radius 1 is 1.73 bits per heavy atom. The number of nitrogens with zero attached hydrogens (tertiary/aromatic N) is 1. The monoisotopic (exact) mass is 290 g/mol. The predicted molar refractivity (Wildman–Crippen MR) is 64.2 cm³/mol.